The first-order chi connectivity index (χ1) is 7.99. The Labute approximate surface area is 106 Å². The van der Waals surface area contributed by atoms with Crippen LogP contribution in [0.25, 0.3) is 0 Å². The van der Waals surface area contributed by atoms with Crippen LogP contribution in [0.15, 0.2) is 5.38 Å². The van der Waals surface area contributed by atoms with Gasteiger partial charge in [0.25, 0.3) is 0 Å². The summed E-state index contributed by atoms with van der Waals surface area (Å²) in [7, 11) is 4.24. The third kappa shape index (κ3) is 2.50. The summed E-state index contributed by atoms with van der Waals surface area (Å²) in [5.74, 6) is 0.679. The smallest absolute Gasteiger partial charge is 0.186 e. The maximum absolute atomic E-state index is 11.2. The van der Waals surface area contributed by atoms with E-state index in [1.54, 1.807) is 18.3 Å². The Morgan fingerprint density at radius 3 is 2.71 bits per heavy atom. The van der Waals surface area contributed by atoms with Crippen LogP contribution in [0.1, 0.15) is 24.3 Å². The Morgan fingerprint density at radius 1 is 1.53 bits per heavy atom. The van der Waals surface area contributed by atoms with Crippen molar-refractivity contribution in [3.8, 4) is 0 Å². The van der Waals surface area contributed by atoms with Gasteiger partial charge in [0, 0.05) is 31.4 Å². The van der Waals surface area contributed by atoms with Crippen LogP contribution in [-0.2, 0) is 0 Å². The summed E-state index contributed by atoms with van der Waals surface area (Å²) in [5.41, 5.74) is 0.589. The highest BCUT2D eigenvalue weighted by molar-refractivity contribution is 7.13. The van der Waals surface area contributed by atoms with E-state index in [1.165, 1.54) is 0 Å². The van der Waals surface area contributed by atoms with Crippen LogP contribution < -0.4 is 4.90 Å². The molecule has 94 valence electrons. The summed E-state index contributed by atoms with van der Waals surface area (Å²) in [6, 6.07) is 0.569. The molecular formula is C12H19N3OS. The number of hydrogen-bond acceptors (Lipinski definition) is 5. The van der Waals surface area contributed by atoms with E-state index in [0.717, 1.165) is 18.2 Å². The van der Waals surface area contributed by atoms with E-state index in [9.17, 15) is 4.79 Å². The van der Waals surface area contributed by atoms with E-state index in [0.29, 0.717) is 17.7 Å². The summed E-state index contributed by atoms with van der Waals surface area (Å²) < 4.78 is 0. The van der Waals surface area contributed by atoms with E-state index in [1.807, 2.05) is 5.38 Å². The monoisotopic (exact) mass is 253 g/mol. The predicted octanol–water partition coefficient (Wildman–Crippen LogP) is 1.73. The second-order valence-electron chi connectivity index (χ2n) is 4.98. The highest BCUT2D eigenvalue weighted by atomic mass is 32.1. The SMILES string of the molecule is CC(=O)c1csc(N2CC(C)C(N(C)C)C2)n1. The molecule has 0 saturated carbocycles. The van der Waals surface area contributed by atoms with Gasteiger partial charge in [0.15, 0.2) is 10.9 Å². The van der Waals surface area contributed by atoms with Crippen molar-refractivity contribution in [2.75, 3.05) is 32.1 Å². The zero-order valence-electron chi connectivity index (χ0n) is 10.8. The lowest BCUT2D eigenvalue weighted by molar-refractivity contribution is 0.101. The van der Waals surface area contributed by atoms with Crippen LogP contribution in [0.3, 0.4) is 0 Å². The maximum atomic E-state index is 11.2. The van der Waals surface area contributed by atoms with E-state index in [4.69, 9.17) is 0 Å². The molecule has 5 heteroatoms. The number of hydrogen-bond donors (Lipinski definition) is 0. The highest BCUT2D eigenvalue weighted by Gasteiger charge is 2.32. The molecule has 0 radical (unpaired) electrons. The van der Waals surface area contributed by atoms with Gasteiger partial charge in [-0.2, -0.15) is 0 Å². The van der Waals surface area contributed by atoms with Gasteiger partial charge in [-0.1, -0.05) is 6.92 Å². The molecule has 1 aromatic rings. The van der Waals surface area contributed by atoms with Gasteiger partial charge in [0.2, 0.25) is 0 Å². The standard InChI is InChI=1S/C12H19N3OS/c1-8-5-15(6-11(8)14(3)4)12-13-10(7-17-12)9(2)16/h7-8,11H,5-6H2,1-4H3. The molecule has 2 rings (SSSR count). The number of ketones is 1. The van der Waals surface area contributed by atoms with Gasteiger partial charge in [0.05, 0.1) is 0 Å². The Morgan fingerprint density at radius 2 is 2.24 bits per heavy atom. The van der Waals surface area contributed by atoms with E-state index in [-0.39, 0.29) is 5.78 Å². The van der Waals surface area contributed by atoms with Crippen LogP contribution >= 0.6 is 11.3 Å². The van der Waals surface area contributed by atoms with Gasteiger partial charge >= 0.3 is 0 Å². The molecule has 0 bridgehead atoms. The minimum Gasteiger partial charge on any atom is -0.346 e. The van der Waals surface area contributed by atoms with Crippen LogP contribution in [0.5, 0.6) is 0 Å². The molecule has 1 aliphatic rings. The summed E-state index contributed by atoms with van der Waals surface area (Å²) in [6.45, 7) is 5.85. The van der Waals surface area contributed by atoms with Crippen molar-refractivity contribution >= 4 is 22.3 Å². The molecule has 17 heavy (non-hydrogen) atoms. The molecular weight excluding hydrogens is 234 g/mol. The molecule has 1 fully saturated rings. The first kappa shape index (κ1) is 12.5. The maximum Gasteiger partial charge on any atom is 0.186 e. The quantitative estimate of drug-likeness (QED) is 0.769. The normalized spacial score (nSPS) is 24.6. The number of nitrogens with zero attached hydrogens (tertiary/aromatic N) is 3. The molecule has 0 spiro atoms. The predicted molar refractivity (Wildman–Crippen MR) is 71.0 cm³/mol. The Bertz CT molecular complexity index is 416. The van der Waals surface area contributed by atoms with E-state index in [2.05, 4.69) is 35.8 Å². The fourth-order valence-corrected chi connectivity index (χ4v) is 3.23. The molecule has 1 saturated heterocycles. The summed E-state index contributed by atoms with van der Waals surface area (Å²) in [6.07, 6.45) is 0. The topological polar surface area (TPSA) is 36.4 Å². The third-order valence-corrected chi connectivity index (χ3v) is 4.26. The number of Topliss-reactive ketones (excluding diaryl/α,β-unsaturated/α-hetero) is 1. The van der Waals surface area contributed by atoms with Gasteiger partial charge in [0.1, 0.15) is 5.69 Å². The molecule has 2 heterocycles. The van der Waals surface area contributed by atoms with Crippen LogP contribution in [0.2, 0.25) is 0 Å². The lowest BCUT2D eigenvalue weighted by Crippen LogP contribution is -2.34. The molecule has 2 atom stereocenters. The lowest BCUT2D eigenvalue weighted by atomic mass is 10.1. The summed E-state index contributed by atoms with van der Waals surface area (Å²) in [4.78, 5) is 20.2. The third-order valence-electron chi connectivity index (χ3n) is 3.36. The average molecular weight is 253 g/mol. The van der Waals surface area contributed by atoms with E-state index < -0.39 is 0 Å². The molecule has 1 aromatic heterocycles. The van der Waals surface area contributed by atoms with Crippen molar-refractivity contribution < 1.29 is 4.79 Å². The Hall–Kier alpha value is -0.940. The molecule has 1 aliphatic heterocycles. The van der Waals surface area contributed by atoms with Gasteiger partial charge < -0.3 is 9.80 Å². The molecule has 0 amide bonds. The van der Waals surface area contributed by atoms with Crippen LogP contribution in [0, 0.1) is 5.92 Å². The fraction of sp³-hybridized carbons (Fsp3) is 0.667. The largest absolute Gasteiger partial charge is 0.346 e. The average Bonchev–Trinajstić information content (AvgIpc) is 2.82. The van der Waals surface area contributed by atoms with Crippen molar-refractivity contribution in [1.29, 1.82) is 0 Å². The van der Waals surface area contributed by atoms with Crippen molar-refractivity contribution in [3.05, 3.63) is 11.1 Å². The fourth-order valence-electron chi connectivity index (χ4n) is 2.35. The molecule has 0 N–H and O–H groups in total. The number of thiazole rings is 1. The molecule has 2 unspecified atom stereocenters. The molecule has 0 aliphatic carbocycles. The first-order valence-electron chi connectivity index (χ1n) is 5.87. The van der Waals surface area contributed by atoms with Crippen LogP contribution in [-0.4, -0.2) is 48.9 Å². The van der Waals surface area contributed by atoms with Gasteiger partial charge in [-0.05, 0) is 20.0 Å². The molecule has 4 nitrogen and oxygen atoms in total. The second kappa shape index (κ2) is 4.74. The number of rotatable bonds is 3. The Kier molecular flexibility index (Phi) is 3.49. The minimum absolute atomic E-state index is 0.0453. The van der Waals surface area contributed by atoms with E-state index >= 15 is 0 Å². The van der Waals surface area contributed by atoms with Crippen molar-refractivity contribution in [2.24, 2.45) is 5.92 Å². The number of anilines is 1. The summed E-state index contributed by atoms with van der Waals surface area (Å²) >= 11 is 1.57. The summed E-state index contributed by atoms with van der Waals surface area (Å²) in [5, 5.41) is 2.83. The zero-order valence-corrected chi connectivity index (χ0v) is 11.6. The molecule has 0 aromatic carbocycles. The number of carbonyl (C=O) groups is 1. The number of carbonyl (C=O) groups excluding carboxylic acids is 1. The van der Waals surface area contributed by atoms with Gasteiger partial charge in [-0.25, -0.2) is 4.98 Å². The van der Waals surface area contributed by atoms with Crippen molar-refractivity contribution in [2.45, 2.75) is 19.9 Å². The lowest BCUT2D eigenvalue weighted by Gasteiger charge is -2.22. The first-order valence-corrected chi connectivity index (χ1v) is 6.75. The highest BCUT2D eigenvalue weighted by Crippen LogP contribution is 2.28. The van der Waals surface area contributed by atoms with Gasteiger partial charge in [-0.15, -0.1) is 11.3 Å². The Balaban J connectivity index is 2.11. The number of aromatic nitrogens is 1. The second-order valence-corrected chi connectivity index (χ2v) is 5.82. The van der Waals surface area contributed by atoms with Gasteiger partial charge in [-0.3, -0.25) is 4.79 Å². The van der Waals surface area contributed by atoms with Crippen LogP contribution in [0.4, 0.5) is 5.13 Å². The minimum atomic E-state index is 0.0453. The number of likely N-dealkylation sites (N-methyl/N-ethyl adjacent to an activating group) is 1. The van der Waals surface area contributed by atoms with Crippen molar-refractivity contribution in [1.82, 2.24) is 9.88 Å². The zero-order chi connectivity index (χ0) is 12.6. The van der Waals surface area contributed by atoms with Crippen molar-refractivity contribution in [3.63, 3.8) is 0 Å².